The van der Waals surface area contributed by atoms with E-state index in [-0.39, 0.29) is 0 Å². The number of rotatable bonds is 3. The first-order chi connectivity index (χ1) is 8.56. The third-order valence-electron chi connectivity index (χ3n) is 2.84. The molecule has 0 fully saturated rings. The topological polar surface area (TPSA) is 0 Å². The lowest BCUT2D eigenvalue weighted by atomic mass is 9.99. The Hall–Kier alpha value is -1.70. The van der Waals surface area contributed by atoms with Crippen LogP contribution in [0, 0.1) is 17.6 Å². The van der Waals surface area contributed by atoms with E-state index in [1.165, 1.54) is 17.7 Å². The fraction of sp³-hybridized carbons (Fsp3) is 0.250. The quantitative estimate of drug-likeness (QED) is 0.727. The van der Waals surface area contributed by atoms with Crippen molar-refractivity contribution >= 4 is 0 Å². The third kappa shape index (κ3) is 2.95. The van der Waals surface area contributed by atoms with E-state index >= 15 is 0 Å². The summed E-state index contributed by atoms with van der Waals surface area (Å²) in [6.45, 7) is 4.32. The molecule has 18 heavy (non-hydrogen) atoms. The van der Waals surface area contributed by atoms with Gasteiger partial charge in [-0.2, -0.15) is 0 Å². The molecule has 0 heterocycles. The summed E-state index contributed by atoms with van der Waals surface area (Å²) >= 11 is 0. The summed E-state index contributed by atoms with van der Waals surface area (Å²) in [5.41, 5.74) is 2.45. The lowest BCUT2D eigenvalue weighted by Crippen LogP contribution is -1.94. The van der Waals surface area contributed by atoms with E-state index < -0.39 is 11.6 Å². The molecule has 0 aliphatic carbocycles. The zero-order chi connectivity index (χ0) is 13.1. The van der Waals surface area contributed by atoms with Gasteiger partial charge in [0.25, 0.3) is 0 Å². The summed E-state index contributed by atoms with van der Waals surface area (Å²) in [6.07, 6.45) is 1.01. The summed E-state index contributed by atoms with van der Waals surface area (Å²) in [4.78, 5) is 0. The van der Waals surface area contributed by atoms with Gasteiger partial charge < -0.3 is 0 Å². The van der Waals surface area contributed by atoms with E-state index in [4.69, 9.17) is 0 Å². The summed E-state index contributed by atoms with van der Waals surface area (Å²) in [5, 5.41) is 0. The highest BCUT2D eigenvalue weighted by Crippen LogP contribution is 2.24. The Balaban J connectivity index is 2.28. The highest BCUT2D eigenvalue weighted by molar-refractivity contribution is 5.64. The smallest absolute Gasteiger partial charge is 0.133 e. The fourth-order valence-electron chi connectivity index (χ4n) is 2.02. The van der Waals surface area contributed by atoms with Crippen LogP contribution in [0.5, 0.6) is 0 Å². The van der Waals surface area contributed by atoms with Gasteiger partial charge in [0.05, 0.1) is 0 Å². The van der Waals surface area contributed by atoms with E-state index in [1.807, 2.05) is 24.3 Å². The van der Waals surface area contributed by atoms with E-state index in [0.717, 1.165) is 18.1 Å². The molecule has 0 N–H and O–H groups in total. The fourth-order valence-corrected chi connectivity index (χ4v) is 2.02. The van der Waals surface area contributed by atoms with Gasteiger partial charge in [0.15, 0.2) is 0 Å². The van der Waals surface area contributed by atoms with Gasteiger partial charge in [-0.1, -0.05) is 38.1 Å². The van der Waals surface area contributed by atoms with Crippen molar-refractivity contribution in [2.75, 3.05) is 0 Å². The molecule has 0 bridgehead atoms. The van der Waals surface area contributed by atoms with Crippen LogP contribution in [0.15, 0.2) is 42.5 Å². The molecule has 0 radical (unpaired) electrons. The van der Waals surface area contributed by atoms with Gasteiger partial charge in [-0.15, -0.1) is 0 Å². The Morgan fingerprint density at radius 3 is 2.17 bits per heavy atom. The van der Waals surface area contributed by atoms with Crippen molar-refractivity contribution in [2.24, 2.45) is 5.92 Å². The summed E-state index contributed by atoms with van der Waals surface area (Å²) in [6, 6.07) is 11.4. The van der Waals surface area contributed by atoms with Gasteiger partial charge in [-0.25, -0.2) is 8.78 Å². The molecule has 0 saturated heterocycles. The first-order valence-electron chi connectivity index (χ1n) is 6.10. The number of hydrogen-bond donors (Lipinski definition) is 0. The van der Waals surface area contributed by atoms with Gasteiger partial charge in [-0.3, -0.25) is 0 Å². The van der Waals surface area contributed by atoms with Crippen molar-refractivity contribution in [1.29, 1.82) is 0 Å². The molecule has 0 amide bonds. The van der Waals surface area contributed by atoms with Crippen molar-refractivity contribution < 1.29 is 8.78 Å². The SMILES string of the molecule is CC(C)Cc1ccc(-c2ccc(F)cc2F)cc1. The minimum Gasteiger partial charge on any atom is -0.207 e. The Labute approximate surface area is 106 Å². The molecular weight excluding hydrogens is 230 g/mol. The maximum atomic E-state index is 13.6. The largest absolute Gasteiger partial charge is 0.207 e. The molecule has 0 atom stereocenters. The zero-order valence-corrected chi connectivity index (χ0v) is 10.6. The summed E-state index contributed by atoms with van der Waals surface area (Å²) in [5.74, 6) is -0.474. The monoisotopic (exact) mass is 246 g/mol. The van der Waals surface area contributed by atoms with E-state index in [0.29, 0.717) is 11.5 Å². The molecule has 2 aromatic rings. The van der Waals surface area contributed by atoms with E-state index in [1.54, 1.807) is 0 Å². The molecule has 0 aromatic heterocycles. The summed E-state index contributed by atoms with van der Waals surface area (Å²) < 4.78 is 26.4. The second kappa shape index (κ2) is 5.30. The summed E-state index contributed by atoms with van der Waals surface area (Å²) in [7, 11) is 0. The molecule has 0 aliphatic heterocycles. The highest BCUT2D eigenvalue weighted by Gasteiger charge is 2.06. The van der Waals surface area contributed by atoms with Crippen molar-refractivity contribution in [3.8, 4) is 11.1 Å². The average Bonchev–Trinajstić information content (AvgIpc) is 2.30. The van der Waals surface area contributed by atoms with Crippen LogP contribution in [-0.4, -0.2) is 0 Å². The normalized spacial score (nSPS) is 10.9. The Kier molecular flexibility index (Phi) is 3.75. The van der Waals surface area contributed by atoms with Crippen LogP contribution >= 0.6 is 0 Å². The number of halogens is 2. The van der Waals surface area contributed by atoms with Gasteiger partial charge in [0.2, 0.25) is 0 Å². The Morgan fingerprint density at radius 1 is 0.944 bits per heavy atom. The number of hydrogen-bond acceptors (Lipinski definition) is 0. The first kappa shape index (κ1) is 12.7. The molecule has 2 heteroatoms. The van der Waals surface area contributed by atoms with Crippen LogP contribution < -0.4 is 0 Å². The second-order valence-electron chi connectivity index (χ2n) is 4.92. The van der Waals surface area contributed by atoms with E-state index in [9.17, 15) is 8.78 Å². The van der Waals surface area contributed by atoms with Gasteiger partial charge in [0, 0.05) is 11.6 Å². The minimum atomic E-state index is -0.548. The molecule has 0 spiro atoms. The standard InChI is InChI=1S/C16H16F2/c1-11(2)9-12-3-5-13(6-4-12)15-8-7-14(17)10-16(15)18/h3-8,10-11H,9H2,1-2H3. The second-order valence-corrected chi connectivity index (χ2v) is 4.92. The molecule has 2 rings (SSSR count). The highest BCUT2D eigenvalue weighted by atomic mass is 19.1. The molecule has 0 aliphatic rings. The first-order valence-corrected chi connectivity index (χ1v) is 6.10. The average molecular weight is 246 g/mol. The Bertz CT molecular complexity index is 527. The van der Waals surface area contributed by atoms with Crippen LogP contribution in [0.4, 0.5) is 8.78 Å². The lowest BCUT2D eigenvalue weighted by molar-refractivity contribution is 0.585. The molecule has 2 aromatic carbocycles. The lowest BCUT2D eigenvalue weighted by Gasteiger charge is -2.07. The maximum Gasteiger partial charge on any atom is 0.133 e. The zero-order valence-electron chi connectivity index (χ0n) is 10.6. The maximum absolute atomic E-state index is 13.6. The van der Waals surface area contributed by atoms with E-state index in [2.05, 4.69) is 13.8 Å². The van der Waals surface area contributed by atoms with Crippen LogP contribution in [0.25, 0.3) is 11.1 Å². The van der Waals surface area contributed by atoms with Gasteiger partial charge in [-0.05, 0) is 35.6 Å². The van der Waals surface area contributed by atoms with Crippen molar-refractivity contribution in [3.63, 3.8) is 0 Å². The van der Waals surface area contributed by atoms with Crippen LogP contribution in [0.1, 0.15) is 19.4 Å². The predicted molar refractivity (Wildman–Crippen MR) is 70.3 cm³/mol. The van der Waals surface area contributed by atoms with Crippen molar-refractivity contribution in [3.05, 3.63) is 59.7 Å². The van der Waals surface area contributed by atoms with Crippen molar-refractivity contribution in [1.82, 2.24) is 0 Å². The van der Waals surface area contributed by atoms with Crippen LogP contribution in [0.2, 0.25) is 0 Å². The predicted octanol–water partition coefficient (Wildman–Crippen LogP) is 4.83. The third-order valence-corrected chi connectivity index (χ3v) is 2.84. The van der Waals surface area contributed by atoms with Crippen molar-refractivity contribution in [2.45, 2.75) is 20.3 Å². The van der Waals surface area contributed by atoms with Gasteiger partial charge in [0.1, 0.15) is 11.6 Å². The molecule has 0 saturated carbocycles. The molecule has 0 unspecified atom stereocenters. The number of benzene rings is 2. The molecule has 0 nitrogen and oxygen atoms in total. The Morgan fingerprint density at radius 2 is 1.61 bits per heavy atom. The van der Waals surface area contributed by atoms with Crippen LogP contribution in [-0.2, 0) is 6.42 Å². The molecule has 94 valence electrons. The molecular formula is C16H16F2. The van der Waals surface area contributed by atoms with Crippen LogP contribution in [0.3, 0.4) is 0 Å². The minimum absolute atomic E-state index is 0.437. The van der Waals surface area contributed by atoms with Gasteiger partial charge >= 0.3 is 0 Å².